The Morgan fingerprint density at radius 3 is 2.48 bits per heavy atom. The highest BCUT2D eigenvalue weighted by atomic mass is 16.6. The van der Waals surface area contributed by atoms with Gasteiger partial charge < -0.3 is 26.0 Å². The highest BCUT2D eigenvalue weighted by molar-refractivity contribution is 5.82. The molecule has 4 rings (SSSR count). The van der Waals surface area contributed by atoms with Crippen molar-refractivity contribution < 1.29 is 9.53 Å². The number of piperazine rings is 1. The predicted molar refractivity (Wildman–Crippen MR) is 130 cm³/mol. The summed E-state index contributed by atoms with van der Waals surface area (Å²) in [5.74, 6) is 0.616. The molecule has 2 bridgehead atoms. The second-order valence-corrected chi connectivity index (χ2v) is 10.0. The molecule has 4 N–H and O–H groups in total. The van der Waals surface area contributed by atoms with Crippen LogP contribution in [0.4, 0.5) is 10.5 Å². The first-order chi connectivity index (χ1) is 15.6. The van der Waals surface area contributed by atoms with Crippen molar-refractivity contribution >= 4 is 22.9 Å². The third-order valence-corrected chi connectivity index (χ3v) is 6.25. The first kappa shape index (κ1) is 22.8. The molecule has 0 aromatic carbocycles. The molecule has 2 atom stereocenters. The fourth-order valence-electron chi connectivity index (χ4n) is 4.65. The molecule has 2 aliphatic heterocycles. The molecule has 2 aliphatic rings. The molecule has 2 unspecified atom stereocenters. The van der Waals surface area contributed by atoms with Gasteiger partial charge in [0.15, 0.2) is 0 Å². The minimum absolute atomic E-state index is 0.142. The second-order valence-electron chi connectivity index (χ2n) is 10.0. The Bertz CT molecular complexity index is 1080. The van der Waals surface area contributed by atoms with E-state index in [2.05, 4.69) is 16.1 Å². The maximum Gasteiger partial charge on any atom is 0.410 e. The lowest BCUT2D eigenvalue weighted by Crippen LogP contribution is -2.56. The summed E-state index contributed by atoms with van der Waals surface area (Å²) in [4.78, 5) is 19.0. The molecular weight excluding hydrogens is 418 g/mol. The number of hydrogen-bond donors (Lipinski definition) is 2. The molecular formula is C24H35N7O2. The van der Waals surface area contributed by atoms with Crippen LogP contribution in [0, 0.1) is 0 Å². The van der Waals surface area contributed by atoms with Crippen LogP contribution < -0.4 is 16.4 Å². The molecule has 2 aromatic rings. The van der Waals surface area contributed by atoms with E-state index in [9.17, 15) is 4.79 Å². The molecule has 0 spiro atoms. The molecule has 9 nitrogen and oxygen atoms in total. The normalized spacial score (nSPS) is 21.6. The average Bonchev–Trinajstić information content (AvgIpc) is 3.28. The third-order valence-electron chi connectivity index (χ3n) is 6.25. The number of hydrogen-bond acceptors (Lipinski definition) is 7. The summed E-state index contributed by atoms with van der Waals surface area (Å²) in [5.41, 5.74) is 15.4. The third kappa shape index (κ3) is 4.58. The van der Waals surface area contributed by atoms with Gasteiger partial charge in [-0.15, -0.1) is 0 Å². The van der Waals surface area contributed by atoms with Gasteiger partial charge in [-0.2, -0.15) is 5.10 Å². The minimum Gasteiger partial charge on any atom is -0.444 e. The van der Waals surface area contributed by atoms with Crippen molar-refractivity contribution in [2.24, 2.45) is 11.5 Å². The van der Waals surface area contributed by atoms with Gasteiger partial charge in [-0.3, -0.25) is 4.90 Å². The lowest BCUT2D eigenvalue weighted by Gasteiger charge is -2.42. The lowest BCUT2D eigenvalue weighted by molar-refractivity contribution is 0.0123. The van der Waals surface area contributed by atoms with E-state index in [0.717, 1.165) is 48.3 Å². The Morgan fingerprint density at radius 1 is 1.24 bits per heavy atom. The van der Waals surface area contributed by atoms with Crippen molar-refractivity contribution in [2.75, 3.05) is 32.1 Å². The SMILES string of the molecule is CN(C)/C(N)=C/C(=C\N)c1cc2c(N3CC4CCC(C3)N4C(=O)OC(C)(C)C)ccnn2c1. The van der Waals surface area contributed by atoms with Gasteiger partial charge in [-0.05, 0) is 51.8 Å². The number of aromatic nitrogens is 2. The number of carbonyl (C=O) groups is 1. The van der Waals surface area contributed by atoms with Crippen LogP contribution in [-0.2, 0) is 4.74 Å². The van der Waals surface area contributed by atoms with E-state index in [1.54, 1.807) is 6.20 Å². The van der Waals surface area contributed by atoms with Crippen molar-refractivity contribution in [2.45, 2.75) is 51.3 Å². The van der Waals surface area contributed by atoms with E-state index in [1.807, 2.05) is 73.7 Å². The van der Waals surface area contributed by atoms with Crippen molar-refractivity contribution in [3.05, 3.63) is 48.2 Å². The van der Waals surface area contributed by atoms with Crippen molar-refractivity contribution in [3.8, 4) is 0 Å². The number of rotatable bonds is 4. The molecule has 0 saturated carbocycles. The molecule has 178 valence electrons. The zero-order valence-corrected chi connectivity index (χ0v) is 20.2. The van der Waals surface area contributed by atoms with Crippen LogP contribution in [0.2, 0.25) is 0 Å². The van der Waals surface area contributed by atoms with Gasteiger partial charge in [0.25, 0.3) is 0 Å². The predicted octanol–water partition coefficient (Wildman–Crippen LogP) is 2.58. The molecule has 4 heterocycles. The number of fused-ring (bicyclic) bond motifs is 3. The molecule has 9 heteroatoms. The van der Waals surface area contributed by atoms with Gasteiger partial charge in [0, 0.05) is 56.9 Å². The monoisotopic (exact) mass is 453 g/mol. The number of anilines is 1. The van der Waals surface area contributed by atoms with E-state index in [1.165, 1.54) is 0 Å². The van der Waals surface area contributed by atoms with Crippen molar-refractivity contribution in [1.82, 2.24) is 19.4 Å². The van der Waals surface area contributed by atoms with Gasteiger partial charge in [-0.25, -0.2) is 9.31 Å². The molecule has 2 fully saturated rings. The smallest absolute Gasteiger partial charge is 0.410 e. The zero-order chi connectivity index (χ0) is 23.9. The van der Waals surface area contributed by atoms with Gasteiger partial charge in [0.05, 0.1) is 29.1 Å². The summed E-state index contributed by atoms with van der Waals surface area (Å²) in [6.45, 7) is 7.26. The average molecular weight is 454 g/mol. The maximum atomic E-state index is 12.8. The quantitative estimate of drug-likeness (QED) is 0.686. The number of amides is 1. The summed E-state index contributed by atoms with van der Waals surface area (Å²) in [6, 6.07) is 4.41. The standard InChI is InChI=1S/C24H35N7O2/c1-24(2,3)33-23(32)31-18-6-7-19(31)15-29(14-18)20-8-9-27-30-13-17(10-21(20)30)16(12-25)11-22(26)28(4)5/h8-13,18-19H,6-7,14-15,25-26H2,1-5H3/b16-12+,22-11+. The van der Waals surface area contributed by atoms with E-state index in [0.29, 0.717) is 5.82 Å². The summed E-state index contributed by atoms with van der Waals surface area (Å²) in [6.07, 6.45) is 8.96. The highest BCUT2D eigenvalue weighted by Gasteiger charge is 2.44. The maximum absolute atomic E-state index is 12.8. The van der Waals surface area contributed by atoms with Crippen LogP contribution in [0.25, 0.3) is 11.1 Å². The van der Waals surface area contributed by atoms with E-state index >= 15 is 0 Å². The topological polar surface area (TPSA) is 105 Å². The molecule has 0 radical (unpaired) electrons. The Hall–Kier alpha value is -3.36. The summed E-state index contributed by atoms with van der Waals surface area (Å²) in [7, 11) is 3.78. The number of ether oxygens (including phenoxy) is 1. The Kier molecular flexibility index (Phi) is 5.90. The van der Waals surface area contributed by atoms with E-state index < -0.39 is 5.60 Å². The van der Waals surface area contributed by atoms with Gasteiger partial charge in [0.1, 0.15) is 5.60 Å². The Labute approximate surface area is 195 Å². The van der Waals surface area contributed by atoms with Crippen LogP contribution in [0.1, 0.15) is 39.2 Å². The number of nitrogens with zero attached hydrogens (tertiary/aromatic N) is 5. The molecule has 0 aliphatic carbocycles. The Balaban J connectivity index is 1.60. The second kappa shape index (κ2) is 8.53. The van der Waals surface area contributed by atoms with Crippen molar-refractivity contribution in [1.29, 1.82) is 0 Å². The van der Waals surface area contributed by atoms with Gasteiger partial charge in [-0.1, -0.05) is 0 Å². The first-order valence-corrected chi connectivity index (χ1v) is 11.4. The minimum atomic E-state index is -0.494. The lowest BCUT2D eigenvalue weighted by atomic mass is 10.1. The Morgan fingerprint density at radius 2 is 1.91 bits per heavy atom. The highest BCUT2D eigenvalue weighted by Crippen LogP contribution is 2.36. The summed E-state index contributed by atoms with van der Waals surface area (Å²) < 4.78 is 7.55. The molecule has 2 saturated heterocycles. The number of carbonyl (C=O) groups excluding carboxylic acids is 1. The fourth-order valence-corrected chi connectivity index (χ4v) is 4.65. The van der Waals surface area contributed by atoms with E-state index in [4.69, 9.17) is 16.2 Å². The summed E-state index contributed by atoms with van der Waals surface area (Å²) in [5, 5.41) is 4.50. The zero-order valence-electron chi connectivity index (χ0n) is 20.2. The number of nitrogens with two attached hydrogens (primary N) is 2. The van der Waals surface area contributed by atoms with Crippen LogP contribution in [0.5, 0.6) is 0 Å². The van der Waals surface area contributed by atoms with Gasteiger partial charge in [0.2, 0.25) is 0 Å². The fraction of sp³-hybridized carbons (Fsp3) is 0.500. The van der Waals surface area contributed by atoms with Crippen LogP contribution in [0.3, 0.4) is 0 Å². The molecule has 1 amide bonds. The van der Waals surface area contributed by atoms with Crippen LogP contribution >= 0.6 is 0 Å². The van der Waals surface area contributed by atoms with Crippen LogP contribution in [-0.4, -0.2) is 70.4 Å². The summed E-state index contributed by atoms with van der Waals surface area (Å²) >= 11 is 0. The molecule has 2 aromatic heterocycles. The van der Waals surface area contributed by atoms with Gasteiger partial charge >= 0.3 is 6.09 Å². The van der Waals surface area contributed by atoms with Crippen molar-refractivity contribution in [3.63, 3.8) is 0 Å². The first-order valence-electron chi connectivity index (χ1n) is 11.4. The van der Waals surface area contributed by atoms with E-state index in [-0.39, 0.29) is 18.2 Å². The molecule has 33 heavy (non-hydrogen) atoms. The van der Waals surface area contributed by atoms with Crippen LogP contribution in [0.15, 0.2) is 42.6 Å². The largest absolute Gasteiger partial charge is 0.444 e. The number of allylic oxidation sites excluding steroid dienone is 2.